The Hall–Kier alpha value is -3.46. The number of amides is 1. The topological polar surface area (TPSA) is 69.2 Å². The standard InChI is InChI=1S/C19H18N2O4/c1-4-11-25-17-10-9-15(23-2)12-14(17)13-20-21-19(22)16-7-5-6-8-18(16)24-3/h1,5-10,12-13H,11H2,2-3H3,(H,21,22)/b20-13-. The van der Waals surface area contributed by atoms with Gasteiger partial charge in [-0.25, -0.2) is 5.43 Å². The van der Waals surface area contributed by atoms with Crippen LogP contribution >= 0.6 is 0 Å². The van der Waals surface area contributed by atoms with Crippen LogP contribution in [0.3, 0.4) is 0 Å². The molecule has 6 nitrogen and oxygen atoms in total. The van der Waals surface area contributed by atoms with E-state index in [0.717, 1.165) is 0 Å². The molecule has 0 atom stereocenters. The normalized spacial score (nSPS) is 10.1. The van der Waals surface area contributed by atoms with Crippen LogP contribution in [0.25, 0.3) is 0 Å². The van der Waals surface area contributed by atoms with E-state index in [-0.39, 0.29) is 12.5 Å². The highest BCUT2D eigenvalue weighted by atomic mass is 16.5. The summed E-state index contributed by atoms with van der Waals surface area (Å²) in [6, 6.07) is 12.1. The van der Waals surface area contributed by atoms with Gasteiger partial charge >= 0.3 is 0 Å². The average molecular weight is 338 g/mol. The number of nitrogens with zero attached hydrogens (tertiary/aromatic N) is 1. The zero-order valence-corrected chi connectivity index (χ0v) is 14.0. The number of carbonyl (C=O) groups is 1. The third kappa shape index (κ3) is 4.75. The molecule has 2 rings (SSSR count). The van der Waals surface area contributed by atoms with Crippen molar-refractivity contribution in [1.29, 1.82) is 0 Å². The number of hydrazone groups is 1. The Morgan fingerprint density at radius 3 is 2.72 bits per heavy atom. The Balaban J connectivity index is 2.15. The van der Waals surface area contributed by atoms with Crippen LogP contribution in [0.1, 0.15) is 15.9 Å². The predicted octanol–water partition coefficient (Wildman–Crippen LogP) is 2.48. The molecule has 0 fully saturated rings. The molecule has 0 aliphatic heterocycles. The summed E-state index contributed by atoms with van der Waals surface area (Å²) in [4.78, 5) is 12.2. The molecule has 6 heteroatoms. The third-order valence-corrected chi connectivity index (χ3v) is 3.25. The van der Waals surface area contributed by atoms with E-state index in [4.69, 9.17) is 20.6 Å². The van der Waals surface area contributed by atoms with Crippen molar-refractivity contribution in [3.05, 3.63) is 53.6 Å². The highest BCUT2D eigenvalue weighted by Gasteiger charge is 2.10. The number of benzene rings is 2. The molecule has 0 aliphatic rings. The number of carbonyl (C=O) groups excluding carboxylic acids is 1. The van der Waals surface area contributed by atoms with Crippen molar-refractivity contribution in [3.63, 3.8) is 0 Å². The summed E-state index contributed by atoms with van der Waals surface area (Å²) in [7, 11) is 3.06. The molecule has 0 bridgehead atoms. The number of methoxy groups -OCH3 is 2. The van der Waals surface area contributed by atoms with Gasteiger partial charge in [-0.1, -0.05) is 18.1 Å². The predicted molar refractivity (Wildman–Crippen MR) is 95.4 cm³/mol. The molecule has 0 spiro atoms. The van der Waals surface area contributed by atoms with Crippen molar-refractivity contribution >= 4 is 12.1 Å². The number of para-hydroxylation sites is 1. The fourth-order valence-corrected chi connectivity index (χ4v) is 2.06. The molecular formula is C19H18N2O4. The quantitative estimate of drug-likeness (QED) is 0.478. The largest absolute Gasteiger partial charge is 0.497 e. The van der Waals surface area contributed by atoms with Crippen molar-refractivity contribution in [2.45, 2.75) is 0 Å². The summed E-state index contributed by atoms with van der Waals surface area (Å²) in [5, 5.41) is 3.97. The molecular weight excluding hydrogens is 320 g/mol. The smallest absolute Gasteiger partial charge is 0.275 e. The van der Waals surface area contributed by atoms with Gasteiger partial charge in [-0.2, -0.15) is 5.10 Å². The first-order chi connectivity index (χ1) is 12.2. The van der Waals surface area contributed by atoms with E-state index >= 15 is 0 Å². The van der Waals surface area contributed by atoms with Gasteiger partial charge in [0.1, 0.15) is 23.9 Å². The minimum atomic E-state index is -0.386. The summed E-state index contributed by atoms with van der Waals surface area (Å²) >= 11 is 0. The maximum Gasteiger partial charge on any atom is 0.275 e. The zero-order valence-electron chi connectivity index (χ0n) is 14.0. The van der Waals surface area contributed by atoms with Crippen molar-refractivity contribution in [3.8, 4) is 29.6 Å². The van der Waals surface area contributed by atoms with Crippen LogP contribution in [0, 0.1) is 12.3 Å². The molecule has 2 aromatic rings. The third-order valence-electron chi connectivity index (χ3n) is 3.25. The molecule has 1 amide bonds. The van der Waals surface area contributed by atoms with E-state index in [2.05, 4.69) is 16.4 Å². The number of hydrogen-bond acceptors (Lipinski definition) is 5. The fraction of sp³-hybridized carbons (Fsp3) is 0.158. The van der Waals surface area contributed by atoms with Crippen LogP contribution in [0.2, 0.25) is 0 Å². The van der Waals surface area contributed by atoms with Gasteiger partial charge in [-0.3, -0.25) is 4.79 Å². The van der Waals surface area contributed by atoms with Crippen LogP contribution in [0.5, 0.6) is 17.2 Å². The van der Waals surface area contributed by atoms with Gasteiger partial charge in [0.25, 0.3) is 5.91 Å². The number of hydrogen-bond donors (Lipinski definition) is 1. The van der Waals surface area contributed by atoms with E-state index in [1.165, 1.54) is 13.3 Å². The summed E-state index contributed by atoms with van der Waals surface area (Å²) in [6.07, 6.45) is 6.67. The molecule has 2 aromatic carbocycles. The van der Waals surface area contributed by atoms with Crippen LogP contribution in [0.15, 0.2) is 47.6 Å². The first-order valence-corrected chi connectivity index (χ1v) is 7.40. The number of ether oxygens (including phenoxy) is 3. The Bertz CT molecular complexity index is 809. The van der Waals surface area contributed by atoms with E-state index in [0.29, 0.717) is 28.4 Å². The van der Waals surface area contributed by atoms with Crippen LogP contribution in [-0.2, 0) is 0 Å². The van der Waals surface area contributed by atoms with Gasteiger partial charge in [-0.15, -0.1) is 6.42 Å². The first kappa shape index (κ1) is 17.9. The first-order valence-electron chi connectivity index (χ1n) is 7.40. The summed E-state index contributed by atoms with van der Waals surface area (Å²) in [5.74, 6) is 3.65. The second-order valence-corrected chi connectivity index (χ2v) is 4.80. The molecule has 0 heterocycles. The summed E-state index contributed by atoms with van der Waals surface area (Å²) in [6.45, 7) is 0.126. The molecule has 0 radical (unpaired) electrons. The van der Waals surface area contributed by atoms with E-state index < -0.39 is 0 Å². The van der Waals surface area contributed by atoms with Gasteiger partial charge in [0, 0.05) is 5.56 Å². The lowest BCUT2D eigenvalue weighted by molar-refractivity contribution is 0.0952. The van der Waals surface area contributed by atoms with E-state index in [1.54, 1.807) is 49.6 Å². The monoisotopic (exact) mass is 338 g/mol. The molecule has 0 aliphatic carbocycles. The van der Waals surface area contributed by atoms with E-state index in [1.807, 2.05) is 0 Å². The molecule has 128 valence electrons. The van der Waals surface area contributed by atoms with E-state index in [9.17, 15) is 4.79 Å². The molecule has 1 N–H and O–H groups in total. The van der Waals surface area contributed by atoms with Crippen molar-refractivity contribution in [2.24, 2.45) is 5.10 Å². The van der Waals surface area contributed by atoms with Gasteiger partial charge in [0.15, 0.2) is 0 Å². The maximum atomic E-state index is 12.2. The molecule has 0 saturated heterocycles. The Morgan fingerprint density at radius 1 is 1.20 bits per heavy atom. The second kappa shape index (κ2) is 8.99. The second-order valence-electron chi connectivity index (χ2n) is 4.80. The average Bonchev–Trinajstić information content (AvgIpc) is 2.66. The number of terminal acetylenes is 1. The molecule has 0 saturated carbocycles. The Morgan fingerprint density at radius 2 is 2.00 bits per heavy atom. The fourth-order valence-electron chi connectivity index (χ4n) is 2.06. The van der Waals surface area contributed by atoms with Crippen molar-refractivity contribution in [1.82, 2.24) is 5.43 Å². The minimum absolute atomic E-state index is 0.126. The number of rotatable bonds is 7. The minimum Gasteiger partial charge on any atom is -0.497 e. The summed E-state index contributed by atoms with van der Waals surface area (Å²) < 4.78 is 15.8. The highest BCUT2D eigenvalue weighted by molar-refractivity contribution is 5.97. The SMILES string of the molecule is C#CCOc1ccc(OC)cc1/C=N\NC(=O)c1ccccc1OC. The molecule has 0 unspecified atom stereocenters. The van der Waals surface area contributed by atoms with Crippen LogP contribution in [-0.4, -0.2) is 32.9 Å². The Labute approximate surface area is 146 Å². The lowest BCUT2D eigenvalue weighted by Crippen LogP contribution is -2.18. The van der Waals surface area contributed by atoms with Gasteiger partial charge in [-0.05, 0) is 30.3 Å². The van der Waals surface area contributed by atoms with Gasteiger partial charge < -0.3 is 14.2 Å². The zero-order chi connectivity index (χ0) is 18.1. The van der Waals surface area contributed by atoms with Crippen LogP contribution in [0.4, 0.5) is 0 Å². The van der Waals surface area contributed by atoms with Gasteiger partial charge in [0.05, 0.1) is 26.0 Å². The number of nitrogens with one attached hydrogen (secondary N) is 1. The maximum absolute atomic E-state index is 12.2. The van der Waals surface area contributed by atoms with Crippen LogP contribution < -0.4 is 19.6 Å². The van der Waals surface area contributed by atoms with Gasteiger partial charge in [0.2, 0.25) is 0 Å². The molecule has 25 heavy (non-hydrogen) atoms. The van der Waals surface area contributed by atoms with Crippen molar-refractivity contribution < 1.29 is 19.0 Å². The summed E-state index contributed by atoms with van der Waals surface area (Å²) in [5.41, 5.74) is 3.46. The molecule has 0 aromatic heterocycles. The highest BCUT2D eigenvalue weighted by Crippen LogP contribution is 2.22. The van der Waals surface area contributed by atoms with Crippen molar-refractivity contribution in [2.75, 3.05) is 20.8 Å². The lowest BCUT2D eigenvalue weighted by Gasteiger charge is -2.09. The Kier molecular flexibility index (Phi) is 6.43. The lowest BCUT2D eigenvalue weighted by atomic mass is 10.2.